The number of H-pyrrole nitrogens is 1. The topological polar surface area (TPSA) is 92.8 Å². The molecule has 0 unspecified atom stereocenters. The highest BCUT2D eigenvalue weighted by Gasteiger charge is 2.13. The second-order valence-corrected chi connectivity index (χ2v) is 4.67. The van der Waals surface area contributed by atoms with E-state index in [0.29, 0.717) is 10.9 Å². The van der Waals surface area contributed by atoms with Gasteiger partial charge in [-0.2, -0.15) is 15.4 Å². The Hall–Kier alpha value is -2.48. The Morgan fingerprint density at radius 2 is 2.37 bits per heavy atom. The molecule has 1 aromatic carbocycles. The third-order valence-corrected chi connectivity index (χ3v) is 3.41. The van der Waals surface area contributed by atoms with Crippen LogP contribution in [-0.2, 0) is 0 Å². The first kappa shape index (κ1) is 11.6. The Bertz CT molecular complexity index is 722. The van der Waals surface area contributed by atoms with Gasteiger partial charge < -0.3 is 4.74 Å². The number of ether oxygens (including phenoxy) is 1. The van der Waals surface area contributed by atoms with Crippen molar-refractivity contribution in [1.29, 1.82) is 0 Å². The third-order valence-electron chi connectivity index (χ3n) is 2.47. The molecule has 0 saturated heterocycles. The van der Waals surface area contributed by atoms with Gasteiger partial charge in [-0.3, -0.25) is 10.1 Å². The molecule has 0 aliphatic rings. The molecular formula is C11H9N5O2S. The molecule has 0 radical (unpaired) electrons. The summed E-state index contributed by atoms with van der Waals surface area (Å²) in [7, 11) is 1.59. The number of carbonyl (C=O) groups is 1. The van der Waals surface area contributed by atoms with Gasteiger partial charge in [0.1, 0.15) is 11.3 Å². The lowest BCUT2D eigenvalue weighted by Gasteiger charge is -1.98. The number of aromatic amines is 1. The molecule has 8 heteroatoms. The molecule has 3 aromatic rings. The fourth-order valence-electron chi connectivity index (χ4n) is 1.61. The number of carbonyl (C=O) groups excluding carboxylic acids is 1. The molecule has 1 amide bonds. The van der Waals surface area contributed by atoms with Gasteiger partial charge in [0, 0.05) is 0 Å². The third kappa shape index (κ3) is 2.13. The van der Waals surface area contributed by atoms with Crippen molar-refractivity contribution in [2.24, 2.45) is 0 Å². The monoisotopic (exact) mass is 275 g/mol. The lowest BCUT2D eigenvalue weighted by Crippen LogP contribution is -2.12. The number of aromatic nitrogens is 4. The van der Waals surface area contributed by atoms with Crippen molar-refractivity contribution >= 4 is 32.6 Å². The van der Waals surface area contributed by atoms with E-state index >= 15 is 0 Å². The molecule has 2 heterocycles. The van der Waals surface area contributed by atoms with Crippen LogP contribution in [0, 0.1) is 0 Å². The molecule has 0 bridgehead atoms. The summed E-state index contributed by atoms with van der Waals surface area (Å²) in [4.78, 5) is 16.1. The van der Waals surface area contributed by atoms with Gasteiger partial charge in [-0.15, -0.1) is 0 Å². The predicted octanol–water partition coefficient (Wildman–Crippen LogP) is 1.68. The molecule has 2 aromatic heterocycles. The van der Waals surface area contributed by atoms with E-state index < -0.39 is 0 Å². The summed E-state index contributed by atoms with van der Waals surface area (Å²) in [6.45, 7) is 0. The first-order valence-corrected chi connectivity index (χ1v) is 6.20. The molecule has 0 saturated carbocycles. The maximum atomic E-state index is 11.8. The molecule has 0 spiro atoms. The summed E-state index contributed by atoms with van der Waals surface area (Å²) in [6.07, 6.45) is 1.35. The Morgan fingerprint density at radius 1 is 1.47 bits per heavy atom. The van der Waals surface area contributed by atoms with E-state index in [0.717, 1.165) is 10.2 Å². The zero-order valence-corrected chi connectivity index (χ0v) is 10.7. The number of benzene rings is 1. The van der Waals surface area contributed by atoms with E-state index in [1.54, 1.807) is 7.11 Å². The van der Waals surface area contributed by atoms with Crippen LogP contribution in [0.3, 0.4) is 0 Å². The Labute approximate surface area is 111 Å². The maximum absolute atomic E-state index is 11.8. The fraction of sp³-hybridized carbons (Fsp3) is 0.0909. The number of hydrogen-bond acceptors (Lipinski definition) is 6. The quantitative estimate of drug-likeness (QED) is 0.758. The van der Waals surface area contributed by atoms with Crippen molar-refractivity contribution in [3.63, 3.8) is 0 Å². The lowest BCUT2D eigenvalue weighted by molar-refractivity contribution is 0.102. The minimum atomic E-state index is -0.355. The highest BCUT2D eigenvalue weighted by molar-refractivity contribution is 7.22. The molecule has 0 atom stereocenters. The summed E-state index contributed by atoms with van der Waals surface area (Å²) in [5.74, 6) is 0.322. The van der Waals surface area contributed by atoms with Gasteiger partial charge in [0.25, 0.3) is 5.91 Å². The van der Waals surface area contributed by atoms with Gasteiger partial charge in [-0.1, -0.05) is 17.4 Å². The Balaban J connectivity index is 1.92. The number of anilines is 1. The largest absolute Gasteiger partial charge is 0.494 e. The number of rotatable bonds is 3. The van der Waals surface area contributed by atoms with Crippen LogP contribution in [0.2, 0.25) is 0 Å². The first-order chi connectivity index (χ1) is 9.28. The van der Waals surface area contributed by atoms with Crippen LogP contribution in [0.5, 0.6) is 5.75 Å². The van der Waals surface area contributed by atoms with Gasteiger partial charge in [-0.25, -0.2) is 4.98 Å². The Morgan fingerprint density at radius 3 is 3.11 bits per heavy atom. The van der Waals surface area contributed by atoms with E-state index in [1.165, 1.54) is 17.5 Å². The average Bonchev–Trinajstić information content (AvgIpc) is 3.06. The van der Waals surface area contributed by atoms with Gasteiger partial charge in [0.05, 0.1) is 18.0 Å². The molecule has 3 rings (SSSR count). The van der Waals surface area contributed by atoms with E-state index in [-0.39, 0.29) is 11.6 Å². The van der Waals surface area contributed by atoms with E-state index in [2.05, 4.69) is 25.7 Å². The van der Waals surface area contributed by atoms with Gasteiger partial charge >= 0.3 is 0 Å². The second kappa shape index (κ2) is 4.65. The fourth-order valence-corrected chi connectivity index (χ4v) is 2.49. The number of fused-ring (bicyclic) bond motifs is 1. The minimum absolute atomic E-state index is 0.214. The summed E-state index contributed by atoms with van der Waals surface area (Å²) < 4.78 is 6.16. The number of nitrogens with one attached hydrogen (secondary N) is 2. The van der Waals surface area contributed by atoms with Crippen LogP contribution in [-0.4, -0.2) is 33.4 Å². The van der Waals surface area contributed by atoms with E-state index in [9.17, 15) is 4.79 Å². The average molecular weight is 275 g/mol. The molecule has 0 aliphatic carbocycles. The molecule has 96 valence electrons. The molecule has 0 aliphatic heterocycles. The van der Waals surface area contributed by atoms with Crippen LogP contribution >= 0.6 is 11.3 Å². The molecule has 2 N–H and O–H groups in total. The van der Waals surface area contributed by atoms with Crippen molar-refractivity contribution in [2.75, 3.05) is 12.4 Å². The van der Waals surface area contributed by atoms with Crippen molar-refractivity contribution < 1.29 is 9.53 Å². The van der Waals surface area contributed by atoms with Crippen LogP contribution in [0.1, 0.15) is 10.5 Å². The maximum Gasteiger partial charge on any atom is 0.279 e. The van der Waals surface area contributed by atoms with Crippen molar-refractivity contribution in [1.82, 2.24) is 20.4 Å². The van der Waals surface area contributed by atoms with Crippen molar-refractivity contribution in [3.05, 3.63) is 30.1 Å². The zero-order chi connectivity index (χ0) is 13.2. The normalized spacial score (nSPS) is 10.6. The molecule has 19 heavy (non-hydrogen) atoms. The molecular weight excluding hydrogens is 266 g/mol. The number of hydrogen-bond donors (Lipinski definition) is 2. The smallest absolute Gasteiger partial charge is 0.279 e. The highest BCUT2D eigenvalue weighted by Crippen LogP contribution is 2.32. The van der Waals surface area contributed by atoms with Crippen LogP contribution in [0.15, 0.2) is 24.4 Å². The number of nitrogens with zero attached hydrogens (tertiary/aromatic N) is 3. The zero-order valence-electron chi connectivity index (χ0n) is 9.88. The Kier molecular flexibility index (Phi) is 2.84. The number of methoxy groups -OCH3 is 1. The highest BCUT2D eigenvalue weighted by atomic mass is 32.1. The SMILES string of the molecule is COc1cccc2sc(NC(=O)c3cn[nH]n3)nc12. The predicted molar refractivity (Wildman–Crippen MR) is 70.5 cm³/mol. The summed E-state index contributed by atoms with van der Waals surface area (Å²) in [5, 5.41) is 12.8. The number of thiazole rings is 1. The standard InChI is InChI=1S/C11H9N5O2S/c1-18-7-3-2-4-8-9(7)13-11(19-8)14-10(17)6-5-12-16-15-6/h2-5H,1H3,(H,12,15,16)(H,13,14,17). The van der Waals surface area contributed by atoms with E-state index in [4.69, 9.17) is 4.74 Å². The van der Waals surface area contributed by atoms with Gasteiger partial charge in [0.15, 0.2) is 10.8 Å². The minimum Gasteiger partial charge on any atom is -0.494 e. The molecule has 0 fully saturated rings. The summed E-state index contributed by atoms with van der Waals surface area (Å²) >= 11 is 1.37. The van der Waals surface area contributed by atoms with Crippen molar-refractivity contribution in [3.8, 4) is 5.75 Å². The van der Waals surface area contributed by atoms with Gasteiger partial charge in [-0.05, 0) is 12.1 Å². The van der Waals surface area contributed by atoms with Crippen LogP contribution < -0.4 is 10.1 Å². The summed E-state index contributed by atoms with van der Waals surface area (Å²) in [5.41, 5.74) is 0.941. The van der Waals surface area contributed by atoms with Crippen molar-refractivity contribution in [2.45, 2.75) is 0 Å². The van der Waals surface area contributed by atoms with Gasteiger partial charge in [0.2, 0.25) is 0 Å². The first-order valence-electron chi connectivity index (χ1n) is 5.38. The number of amides is 1. The van der Waals surface area contributed by atoms with E-state index in [1.807, 2.05) is 18.2 Å². The second-order valence-electron chi connectivity index (χ2n) is 3.64. The van der Waals surface area contributed by atoms with Crippen LogP contribution in [0.4, 0.5) is 5.13 Å². The number of para-hydroxylation sites is 1. The summed E-state index contributed by atoms with van der Waals surface area (Å²) in [6, 6.07) is 5.62. The lowest BCUT2D eigenvalue weighted by atomic mass is 10.3. The molecule has 7 nitrogen and oxygen atoms in total. The van der Waals surface area contributed by atoms with Crippen LogP contribution in [0.25, 0.3) is 10.2 Å².